The number of aliphatic hydroxyl groups excluding tert-OH is 1. The Balaban J connectivity index is 1.67. The highest BCUT2D eigenvalue weighted by molar-refractivity contribution is 5.82. The first-order valence-electron chi connectivity index (χ1n) is 11.1. The zero-order valence-corrected chi connectivity index (χ0v) is 19.3. The molecule has 2 saturated heterocycles. The van der Waals surface area contributed by atoms with Gasteiger partial charge < -0.3 is 45.7 Å². The van der Waals surface area contributed by atoms with Crippen LogP contribution in [0.2, 0.25) is 0 Å². The summed E-state index contributed by atoms with van der Waals surface area (Å²) in [4.78, 5) is 46.8. The topological polar surface area (TPSA) is 185 Å². The Kier molecular flexibility index (Phi) is 8.98. The zero-order chi connectivity index (χ0) is 25.5. The molecule has 0 saturated carbocycles. The maximum absolute atomic E-state index is 12.5. The lowest BCUT2D eigenvalue weighted by molar-refractivity contribution is -0.316. The van der Waals surface area contributed by atoms with Crippen LogP contribution in [0.15, 0.2) is 30.3 Å². The summed E-state index contributed by atoms with van der Waals surface area (Å²) in [6.45, 7) is 2.62. The predicted octanol–water partition coefficient (Wildman–Crippen LogP) is -1.03. The number of carbonyl (C=O) groups is 4. The van der Waals surface area contributed by atoms with Gasteiger partial charge in [-0.25, -0.2) is 9.59 Å². The third-order valence-corrected chi connectivity index (χ3v) is 5.54. The lowest BCUT2D eigenvalue weighted by Gasteiger charge is -2.48. The van der Waals surface area contributed by atoms with Gasteiger partial charge in [0.2, 0.25) is 11.8 Å². The quantitative estimate of drug-likeness (QED) is 0.263. The van der Waals surface area contributed by atoms with Crippen LogP contribution in [0.5, 0.6) is 0 Å². The second kappa shape index (κ2) is 11.9. The van der Waals surface area contributed by atoms with E-state index in [0.717, 1.165) is 5.56 Å². The van der Waals surface area contributed by atoms with Crippen LogP contribution < -0.4 is 21.3 Å². The molecule has 0 aromatic heterocycles. The summed E-state index contributed by atoms with van der Waals surface area (Å²) >= 11 is 0. The van der Waals surface area contributed by atoms with Crippen LogP contribution in [-0.4, -0.2) is 83.8 Å². The molecule has 3 rings (SSSR count). The number of aliphatic carboxylic acids is 1. The van der Waals surface area contributed by atoms with E-state index in [1.807, 2.05) is 30.3 Å². The Morgan fingerprint density at radius 2 is 1.77 bits per heavy atom. The number of hydrogen-bond acceptors (Lipinski definition) is 8. The van der Waals surface area contributed by atoms with Gasteiger partial charge in [0.1, 0.15) is 30.4 Å². The molecule has 0 aliphatic carbocycles. The molecule has 6 N–H and O–H groups in total. The van der Waals surface area contributed by atoms with E-state index in [-0.39, 0.29) is 25.5 Å². The third kappa shape index (κ3) is 7.11. The van der Waals surface area contributed by atoms with Crippen molar-refractivity contribution < 1.29 is 43.6 Å². The molecule has 7 atom stereocenters. The molecule has 2 aliphatic rings. The molecule has 4 amide bonds. The van der Waals surface area contributed by atoms with E-state index in [4.69, 9.17) is 14.2 Å². The normalized spacial score (nSPS) is 28.7. The maximum atomic E-state index is 12.5. The number of benzene rings is 1. The molecule has 0 spiro atoms. The SMILES string of the molecule is CC(=O)NCC[C@H](NC(=O)NC1O[C@@H]2COC(c3ccccc3)O[C@H]2[C@H](O)[C@H]1NC(C)=O)C(=O)O. The van der Waals surface area contributed by atoms with E-state index < -0.39 is 60.8 Å². The van der Waals surface area contributed by atoms with Crippen molar-refractivity contribution in [1.82, 2.24) is 21.3 Å². The summed E-state index contributed by atoms with van der Waals surface area (Å²) in [5.74, 6) is -2.11. The standard InChI is InChI=1S/C22H30N4O9/c1-11(27)23-9-8-14(20(30)31)25-22(32)26-19-16(24-12(2)28)17(29)18-15(34-19)10-33-21(35-18)13-6-4-3-5-7-13/h3-7,14-19,21,29H,8-10H2,1-2H3,(H,23,27)(H,24,28)(H,30,31)(H2,25,26,32)/t14-,15+,16+,17+,18+,19?,21?/m0/s1. The molecular formula is C22H30N4O9. The first-order chi connectivity index (χ1) is 16.7. The average molecular weight is 495 g/mol. The van der Waals surface area contributed by atoms with Crippen molar-refractivity contribution in [3.8, 4) is 0 Å². The van der Waals surface area contributed by atoms with E-state index in [1.165, 1.54) is 13.8 Å². The number of carboxylic acid groups (broad SMARTS) is 1. The molecule has 1 aromatic rings. The van der Waals surface area contributed by atoms with Crippen molar-refractivity contribution in [2.24, 2.45) is 0 Å². The lowest BCUT2D eigenvalue weighted by Crippen LogP contribution is -2.70. The number of carbonyl (C=O) groups excluding carboxylic acids is 3. The van der Waals surface area contributed by atoms with Gasteiger partial charge in [0, 0.05) is 26.0 Å². The van der Waals surface area contributed by atoms with Crippen molar-refractivity contribution in [3.63, 3.8) is 0 Å². The minimum Gasteiger partial charge on any atom is -0.480 e. The number of carboxylic acids is 1. The molecule has 2 fully saturated rings. The number of ether oxygens (including phenoxy) is 3. The highest BCUT2D eigenvalue weighted by atomic mass is 16.7. The van der Waals surface area contributed by atoms with E-state index in [1.54, 1.807) is 0 Å². The number of nitrogens with one attached hydrogen (secondary N) is 4. The van der Waals surface area contributed by atoms with Crippen LogP contribution in [-0.2, 0) is 28.6 Å². The number of hydrogen-bond donors (Lipinski definition) is 6. The van der Waals surface area contributed by atoms with Gasteiger partial charge in [-0.05, 0) is 6.42 Å². The second-order valence-corrected chi connectivity index (χ2v) is 8.27. The summed E-state index contributed by atoms with van der Waals surface area (Å²) in [7, 11) is 0. The number of fused-ring (bicyclic) bond motifs is 1. The van der Waals surface area contributed by atoms with Crippen LogP contribution in [0.25, 0.3) is 0 Å². The van der Waals surface area contributed by atoms with E-state index in [9.17, 15) is 29.4 Å². The number of urea groups is 1. The van der Waals surface area contributed by atoms with Crippen molar-refractivity contribution in [1.29, 1.82) is 0 Å². The molecular weight excluding hydrogens is 464 g/mol. The first-order valence-corrected chi connectivity index (χ1v) is 11.1. The van der Waals surface area contributed by atoms with Crippen LogP contribution in [0, 0.1) is 0 Å². The molecule has 2 heterocycles. The van der Waals surface area contributed by atoms with E-state index in [0.29, 0.717) is 0 Å². The smallest absolute Gasteiger partial charge is 0.326 e. The van der Waals surface area contributed by atoms with Gasteiger partial charge in [-0.1, -0.05) is 30.3 Å². The molecule has 35 heavy (non-hydrogen) atoms. The van der Waals surface area contributed by atoms with Gasteiger partial charge in [-0.15, -0.1) is 0 Å². The molecule has 192 valence electrons. The summed E-state index contributed by atoms with van der Waals surface area (Å²) in [5, 5.41) is 30.1. The predicted molar refractivity (Wildman–Crippen MR) is 119 cm³/mol. The molecule has 0 bridgehead atoms. The van der Waals surface area contributed by atoms with Crippen LogP contribution >= 0.6 is 0 Å². The summed E-state index contributed by atoms with van der Waals surface area (Å²) < 4.78 is 17.5. The summed E-state index contributed by atoms with van der Waals surface area (Å²) in [6, 6.07) is 5.83. The molecule has 13 nitrogen and oxygen atoms in total. The number of amides is 4. The Hall–Kier alpha value is -3.26. The first kappa shape index (κ1) is 26.3. The van der Waals surface area contributed by atoms with Crippen molar-refractivity contribution in [2.75, 3.05) is 13.2 Å². The molecule has 2 unspecified atom stereocenters. The van der Waals surface area contributed by atoms with E-state index in [2.05, 4.69) is 21.3 Å². The summed E-state index contributed by atoms with van der Waals surface area (Å²) in [5.41, 5.74) is 0.743. The Morgan fingerprint density at radius 3 is 2.40 bits per heavy atom. The molecule has 0 radical (unpaired) electrons. The van der Waals surface area contributed by atoms with E-state index >= 15 is 0 Å². The zero-order valence-electron chi connectivity index (χ0n) is 19.3. The Labute approximate surface area is 201 Å². The fraction of sp³-hybridized carbons (Fsp3) is 0.545. The van der Waals surface area contributed by atoms with Crippen molar-refractivity contribution >= 4 is 23.8 Å². The third-order valence-electron chi connectivity index (χ3n) is 5.54. The highest BCUT2D eigenvalue weighted by Crippen LogP contribution is 2.33. The van der Waals surface area contributed by atoms with Gasteiger partial charge in [0.15, 0.2) is 12.5 Å². The highest BCUT2D eigenvalue weighted by Gasteiger charge is 2.50. The minimum atomic E-state index is -1.30. The number of aliphatic hydroxyl groups is 1. The number of rotatable bonds is 8. The van der Waals surface area contributed by atoms with Gasteiger partial charge >= 0.3 is 12.0 Å². The van der Waals surface area contributed by atoms with Gasteiger partial charge in [0.05, 0.1) is 6.61 Å². The van der Waals surface area contributed by atoms with Gasteiger partial charge in [0.25, 0.3) is 0 Å². The second-order valence-electron chi connectivity index (χ2n) is 8.27. The fourth-order valence-electron chi connectivity index (χ4n) is 3.90. The minimum absolute atomic E-state index is 0.0424. The molecule has 1 aromatic carbocycles. The van der Waals surface area contributed by atoms with Crippen LogP contribution in [0.1, 0.15) is 32.1 Å². The Morgan fingerprint density at radius 1 is 1.06 bits per heavy atom. The fourth-order valence-corrected chi connectivity index (χ4v) is 3.90. The van der Waals surface area contributed by atoms with Crippen molar-refractivity contribution in [2.45, 2.75) is 63.2 Å². The Bertz CT molecular complexity index is 915. The van der Waals surface area contributed by atoms with Crippen LogP contribution in [0.4, 0.5) is 4.79 Å². The average Bonchev–Trinajstić information content (AvgIpc) is 2.81. The van der Waals surface area contributed by atoms with Crippen LogP contribution in [0.3, 0.4) is 0 Å². The summed E-state index contributed by atoms with van der Waals surface area (Å²) in [6.07, 6.45) is -4.92. The largest absolute Gasteiger partial charge is 0.480 e. The maximum Gasteiger partial charge on any atom is 0.326 e. The molecule has 2 aliphatic heterocycles. The molecule has 13 heteroatoms. The van der Waals surface area contributed by atoms with Gasteiger partial charge in [-0.3, -0.25) is 9.59 Å². The van der Waals surface area contributed by atoms with Gasteiger partial charge in [-0.2, -0.15) is 0 Å². The monoisotopic (exact) mass is 494 g/mol. The van der Waals surface area contributed by atoms with Crippen molar-refractivity contribution in [3.05, 3.63) is 35.9 Å². The lowest BCUT2D eigenvalue weighted by atomic mass is 9.94.